The smallest absolute Gasteiger partial charge is 0.272 e. The van der Waals surface area contributed by atoms with Crippen LogP contribution in [-0.2, 0) is 0 Å². The molecule has 0 radical (unpaired) electrons. The van der Waals surface area contributed by atoms with Gasteiger partial charge in [0.2, 0.25) is 0 Å². The maximum absolute atomic E-state index is 12.4. The molecule has 1 aromatic heterocycles. The number of pyridine rings is 1. The molecule has 2 rings (SSSR count). The molecular formula is C15H23N3O. The minimum atomic E-state index is -0.0305. The fourth-order valence-corrected chi connectivity index (χ4v) is 2.69. The first-order valence-electron chi connectivity index (χ1n) is 6.89. The quantitative estimate of drug-likeness (QED) is 0.890. The molecule has 0 atom stereocenters. The van der Waals surface area contributed by atoms with Gasteiger partial charge in [-0.15, -0.1) is 0 Å². The van der Waals surface area contributed by atoms with Crippen LogP contribution in [-0.4, -0.2) is 28.9 Å². The maximum Gasteiger partial charge on any atom is 0.272 e. The zero-order valence-electron chi connectivity index (χ0n) is 12.0. The number of amides is 1. The van der Waals surface area contributed by atoms with Crippen LogP contribution in [0.5, 0.6) is 0 Å². The molecule has 1 heterocycles. The van der Waals surface area contributed by atoms with Crippen LogP contribution in [0.3, 0.4) is 0 Å². The summed E-state index contributed by atoms with van der Waals surface area (Å²) in [7, 11) is 1.87. The average Bonchev–Trinajstić information content (AvgIpc) is 2.37. The van der Waals surface area contributed by atoms with E-state index in [0.29, 0.717) is 23.0 Å². The van der Waals surface area contributed by atoms with Crippen molar-refractivity contribution < 1.29 is 4.79 Å². The van der Waals surface area contributed by atoms with E-state index < -0.39 is 0 Å². The molecule has 0 aromatic carbocycles. The summed E-state index contributed by atoms with van der Waals surface area (Å²) in [5, 5.41) is 0. The Morgan fingerprint density at radius 2 is 2.00 bits per heavy atom. The number of nitrogen functional groups attached to an aromatic ring is 1. The van der Waals surface area contributed by atoms with Crippen molar-refractivity contribution in [1.82, 2.24) is 9.88 Å². The molecule has 1 aromatic rings. The lowest BCUT2D eigenvalue weighted by atomic mass is 9.75. The molecule has 0 unspecified atom stereocenters. The van der Waals surface area contributed by atoms with E-state index in [1.165, 1.54) is 12.8 Å². The van der Waals surface area contributed by atoms with Crippen LogP contribution in [0.4, 0.5) is 5.82 Å². The molecule has 1 aliphatic carbocycles. The summed E-state index contributed by atoms with van der Waals surface area (Å²) in [5.74, 6) is 0.362. The molecule has 2 N–H and O–H groups in total. The van der Waals surface area contributed by atoms with Crippen molar-refractivity contribution in [3.63, 3.8) is 0 Å². The van der Waals surface area contributed by atoms with Crippen molar-refractivity contribution in [1.29, 1.82) is 0 Å². The highest BCUT2D eigenvalue weighted by atomic mass is 16.2. The highest BCUT2D eigenvalue weighted by molar-refractivity contribution is 5.92. The fraction of sp³-hybridized carbons (Fsp3) is 0.600. The number of nitrogens with two attached hydrogens (primary N) is 1. The molecule has 1 amide bonds. The third-order valence-electron chi connectivity index (χ3n) is 4.17. The fourth-order valence-electron chi connectivity index (χ4n) is 2.69. The number of carbonyl (C=O) groups is 1. The van der Waals surface area contributed by atoms with Gasteiger partial charge in [0, 0.05) is 13.1 Å². The first-order chi connectivity index (χ1) is 8.89. The summed E-state index contributed by atoms with van der Waals surface area (Å²) >= 11 is 0. The summed E-state index contributed by atoms with van der Waals surface area (Å²) in [6, 6.07) is 5.51. The van der Waals surface area contributed by atoms with E-state index in [1.54, 1.807) is 18.2 Å². The van der Waals surface area contributed by atoms with E-state index in [4.69, 9.17) is 5.73 Å². The predicted molar refractivity (Wildman–Crippen MR) is 76.8 cm³/mol. The first kappa shape index (κ1) is 13.8. The van der Waals surface area contributed by atoms with Crippen LogP contribution in [0.15, 0.2) is 18.2 Å². The Kier molecular flexibility index (Phi) is 3.78. The lowest BCUT2D eigenvalue weighted by Crippen LogP contribution is -2.41. The second-order valence-electron chi connectivity index (χ2n) is 6.26. The molecule has 0 aliphatic heterocycles. The van der Waals surface area contributed by atoms with E-state index >= 15 is 0 Å². The van der Waals surface area contributed by atoms with Gasteiger partial charge in [-0.2, -0.15) is 0 Å². The highest BCUT2D eigenvalue weighted by Gasteiger charge is 2.31. The summed E-state index contributed by atoms with van der Waals surface area (Å²) in [6.45, 7) is 4.59. The largest absolute Gasteiger partial charge is 0.384 e. The second kappa shape index (κ2) is 5.19. The van der Waals surface area contributed by atoms with Gasteiger partial charge in [0.05, 0.1) is 0 Å². The van der Waals surface area contributed by atoms with Crippen molar-refractivity contribution in [2.45, 2.75) is 45.6 Å². The molecular weight excluding hydrogens is 238 g/mol. The van der Waals surface area contributed by atoms with Gasteiger partial charge in [-0.25, -0.2) is 4.98 Å². The lowest BCUT2D eigenvalue weighted by molar-refractivity contribution is 0.0630. The van der Waals surface area contributed by atoms with Crippen molar-refractivity contribution in [2.75, 3.05) is 12.8 Å². The Bertz CT molecular complexity index is 460. The highest BCUT2D eigenvalue weighted by Crippen LogP contribution is 2.36. The Labute approximate surface area is 115 Å². The Morgan fingerprint density at radius 1 is 1.37 bits per heavy atom. The summed E-state index contributed by atoms with van der Waals surface area (Å²) < 4.78 is 0. The molecule has 1 saturated carbocycles. The zero-order valence-corrected chi connectivity index (χ0v) is 12.0. The van der Waals surface area contributed by atoms with E-state index in [2.05, 4.69) is 18.8 Å². The van der Waals surface area contributed by atoms with Gasteiger partial charge in [0.1, 0.15) is 11.5 Å². The van der Waals surface area contributed by atoms with Crippen LogP contribution in [0.25, 0.3) is 0 Å². The van der Waals surface area contributed by atoms with Gasteiger partial charge < -0.3 is 10.6 Å². The molecule has 0 bridgehead atoms. The number of aromatic nitrogens is 1. The van der Waals surface area contributed by atoms with Gasteiger partial charge in [-0.1, -0.05) is 19.9 Å². The molecule has 4 heteroatoms. The molecule has 0 saturated heterocycles. The topological polar surface area (TPSA) is 59.2 Å². The SMILES string of the molecule is CN(C(=O)c1cccc(N)n1)C1CCC(C)(C)CC1. The minimum Gasteiger partial charge on any atom is -0.384 e. The van der Waals surface area contributed by atoms with Crippen molar-refractivity contribution in [2.24, 2.45) is 5.41 Å². The number of rotatable bonds is 2. The predicted octanol–water partition coefficient (Wildman–Crippen LogP) is 2.70. The molecule has 104 valence electrons. The van der Waals surface area contributed by atoms with Gasteiger partial charge in [-0.05, 0) is 43.2 Å². The minimum absolute atomic E-state index is 0.0305. The molecule has 1 fully saturated rings. The summed E-state index contributed by atoms with van der Waals surface area (Å²) in [6.07, 6.45) is 4.47. The maximum atomic E-state index is 12.4. The van der Waals surface area contributed by atoms with Gasteiger partial charge in [0.15, 0.2) is 0 Å². The van der Waals surface area contributed by atoms with Crippen LogP contribution in [0.2, 0.25) is 0 Å². The molecule has 1 aliphatic rings. The third-order valence-corrected chi connectivity index (χ3v) is 4.17. The number of hydrogen-bond donors (Lipinski definition) is 1. The number of nitrogens with zero attached hydrogens (tertiary/aromatic N) is 2. The van der Waals surface area contributed by atoms with Gasteiger partial charge >= 0.3 is 0 Å². The molecule has 4 nitrogen and oxygen atoms in total. The van der Waals surface area contributed by atoms with E-state index in [9.17, 15) is 4.79 Å². The second-order valence-corrected chi connectivity index (χ2v) is 6.26. The Balaban J connectivity index is 2.04. The standard InChI is InChI=1S/C15H23N3O/c1-15(2)9-7-11(8-10-15)18(3)14(19)12-5-4-6-13(16)17-12/h4-6,11H,7-10H2,1-3H3,(H2,16,17). The van der Waals surface area contributed by atoms with Gasteiger partial charge in [-0.3, -0.25) is 4.79 Å². The Morgan fingerprint density at radius 3 is 2.58 bits per heavy atom. The monoisotopic (exact) mass is 261 g/mol. The third kappa shape index (κ3) is 3.25. The van der Waals surface area contributed by atoms with Crippen LogP contribution in [0, 0.1) is 5.41 Å². The summed E-state index contributed by atoms with van der Waals surface area (Å²) in [4.78, 5) is 18.3. The van der Waals surface area contributed by atoms with Gasteiger partial charge in [0.25, 0.3) is 5.91 Å². The first-order valence-corrected chi connectivity index (χ1v) is 6.89. The molecule has 19 heavy (non-hydrogen) atoms. The van der Waals surface area contributed by atoms with Crippen LogP contribution in [0.1, 0.15) is 50.0 Å². The van der Waals surface area contributed by atoms with Crippen LogP contribution >= 0.6 is 0 Å². The number of hydrogen-bond acceptors (Lipinski definition) is 3. The van der Waals surface area contributed by atoms with Crippen LogP contribution < -0.4 is 5.73 Å². The average molecular weight is 261 g/mol. The van der Waals surface area contributed by atoms with Crippen molar-refractivity contribution in [3.8, 4) is 0 Å². The molecule has 0 spiro atoms. The van der Waals surface area contributed by atoms with E-state index in [0.717, 1.165) is 12.8 Å². The van der Waals surface area contributed by atoms with E-state index in [1.807, 2.05) is 11.9 Å². The number of anilines is 1. The number of carbonyl (C=O) groups excluding carboxylic acids is 1. The normalized spacial score (nSPS) is 19.1. The lowest BCUT2D eigenvalue weighted by Gasteiger charge is -2.38. The van der Waals surface area contributed by atoms with Crippen molar-refractivity contribution in [3.05, 3.63) is 23.9 Å². The summed E-state index contributed by atoms with van der Waals surface area (Å²) in [5.41, 5.74) is 6.48. The Hall–Kier alpha value is -1.58. The van der Waals surface area contributed by atoms with Crippen molar-refractivity contribution >= 4 is 11.7 Å². The van der Waals surface area contributed by atoms with E-state index in [-0.39, 0.29) is 5.91 Å². The zero-order chi connectivity index (χ0) is 14.0.